The van der Waals surface area contributed by atoms with Crippen LogP contribution in [0.1, 0.15) is 36.9 Å². The number of thiazole rings is 1. The van der Waals surface area contributed by atoms with Gasteiger partial charge in [-0.05, 0) is 52.4 Å². The summed E-state index contributed by atoms with van der Waals surface area (Å²) in [6, 6.07) is 4.89. The van der Waals surface area contributed by atoms with E-state index in [0.29, 0.717) is 4.47 Å². The Balaban J connectivity index is 2.03. The Kier molecular flexibility index (Phi) is 3.47. The molecule has 0 amide bonds. The molecular weight excluding hydrogens is 341 g/mol. The molecule has 1 aliphatic rings. The average Bonchev–Trinajstić information content (AvgIpc) is 2.75. The monoisotopic (exact) mass is 355 g/mol. The van der Waals surface area contributed by atoms with Crippen molar-refractivity contribution < 1.29 is 9.50 Å². The molecule has 20 heavy (non-hydrogen) atoms. The molecule has 1 N–H and O–H groups in total. The molecule has 0 bridgehead atoms. The third-order valence-corrected chi connectivity index (χ3v) is 5.44. The lowest BCUT2D eigenvalue weighted by Gasteiger charge is -2.31. The first kappa shape index (κ1) is 14.2. The van der Waals surface area contributed by atoms with Crippen molar-refractivity contribution in [3.05, 3.63) is 39.1 Å². The summed E-state index contributed by atoms with van der Waals surface area (Å²) >= 11 is 4.70. The van der Waals surface area contributed by atoms with Crippen molar-refractivity contribution in [2.75, 3.05) is 0 Å². The lowest BCUT2D eigenvalue weighted by atomic mass is 9.77. The Bertz CT molecular complexity index is 668. The first-order valence-corrected chi connectivity index (χ1v) is 8.10. The van der Waals surface area contributed by atoms with Crippen LogP contribution in [0.3, 0.4) is 0 Å². The van der Waals surface area contributed by atoms with E-state index >= 15 is 0 Å². The molecule has 0 spiro atoms. The van der Waals surface area contributed by atoms with Crippen molar-refractivity contribution in [1.29, 1.82) is 0 Å². The van der Waals surface area contributed by atoms with E-state index in [1.54, 1.807) is 12.1 Å². The van der Waals surface area contributed by atoms with Crippen LogP contribution in [-0.4, -0.2) is 10.1 Å². The van der Waals surface area contributed by atoms with Crippen molar-refractivity contribution in [3.8, 4) is 10.6 Å². The van der Waals surface area contributed by atoms with Crippen LogP contribution < -0.4 is 0 Å². The topological polar surface area (TPSA) is 33.1 Å². The normalized spacial score (nSPS) is 20.8. The first-order valence-electron chi connectivity index (χ1n) is 6.49. The van der Waals surface area contributed by atoms with Gasteiger partial charge in [0.25, 0.3) is 0 Å². The van der Waals surface area contributed by atoms with Crippen LogP contribution in [0.4, 0.5) is 4.39 Å². The predicted octanol–water partition coefficient (Wildman–Crippen LogP) is 4.72. The summed E-state index contributed by atoms with van der Waals surface area (Å²) < 4.78 is 13.7. The van der Waals surface area contributed by atoms with Gasteiger partial charge in [-0.3, -0.25) is 0 Å². The maximum atomic E-state index is 13.3. The largest absolute Gasteiger partial charge is 0.387 e. The summed E-state index contributed by atoms with van der Waals surface area (Å²) in [4.78, 5) is 5.61. The molecule has 0 saturated carbocycles. The van der Waals surface area contributed by atoms with E-state index in [2.05, 4.69) is 34.8 Å². The van der Waals surface area contributed by atoms with Crippen molar-refractivity contribution in [2.24, 2.45) is 5.41 Å². The van der Waals surface area contributed by atoms with Crippen molar-refractivity contribution in [3.63, 3.8) is 0 Å². The smallest absolute Gasteiger partial charge is 0.137 e. The van der Waals surface area contributed by atoms with E-state index in [1.807, 2.05) is 0 Å². The minimum absolute atomic E-state index is 0.0706. The summed E-state index contributed by atoms with van der Waals surface area (Å²) in [7, 11) is 0. The zero-order valence-electron chi connectivity index (χ0n) is 11.3. The van der Waals surface area contributed by atoms with Gasteiger partial charge in [0.05, 0.1) is 21.1 Å². The number of rotatable bonds is 1. The first-order chi connectivity index (χ1) is 9.35. The molecule has 2 aromatic rings. The summed E-state index contributed by atoms with van der Waals surface area (Å²) in [5, 5.41) is 11.1. The number of aliphatic hydroxyl groups excluding tert-OH is 1. The van der Waals surface area contributed by atoms with Crippen LogP contribution in [0.5, 0.6) is 0 Å². The minimum Gasteiger partial charge on any atom is -0.387 e. The lowest BCUT2D eigenvalue weighted by molar-refractivity contribution is 0.102. The van der Waals surface area contributed by atoms with Crippen molar-refractivity contribution in [1.82, 2.24) is 4.98 Å². The quantitative estimate of drug-likeness (QED) is 0.802. The molecule has 106 valence electrons. The number of fused-ring (bicyclic) bond motifs is 1. The fraction of sp³-hybridized carbons (Fsp3) is 0.400. The standard InChI is InChI=1S/C15H15BrFNOS/c1-15(2)6-11-13(12(19)7-15)20-14(18-11)8-3-4-10(17)9(16)5-8/h3-5,12,19H,6-7H2,1-2H3. The fourth-order valence-corrected chi connectivity index (χ4v) is 4.09. The van der Waals surface area contributed by atoms with Crippen LogP contribution in [-0.2, 0) is 6.42 Å². The van der Waals surface area contributed by atoms with Crippen LogP contribution in [0.2, 0.25) is 0 Å². The Morgan fingerprint density at radius 3 is 2.90 bits per heavy atom. The van der Waals surface area contributed by atoms with E-state index in [0.717, 1.165) is 34.0 Å². The summed E-state index contributed by atoms with van der Waals surface area (Å²) in [6.45, 7) is 4.29. The van der Waals surface area contributed by atoms with E-state index in [4.69, 9.17) is 0 Å². The van der Waals surface area contributed by atoms with Gasteiger partial charge in [-0.2, -0.15) is 0 Å². The fourth-order valence-electron chi connectivity index (χ4n) is 2.64. The molecule has 0 aliphatic heterocycles. The summed E-state index contributed by atoms with van der Waals surface area (Å²) in [6.07, 6.45) is 1.19. The molecule has 1 aliphatic carbocycles. The van der Waals surface area contributed by atoms with Gasteiger partial charge in [-0.1, -0.05) is 13.8 Å². The third-order valence-electron chi connectivity index (χ3n) is 3.59. The molecule has 0 fully saturated rings. The molecule has 5 heteroatoms. The van der Waals surface area contributed by atoms with Crippen LogP contribution >= 0.6 is 27.3 Å². The molecule has 1 atom stereocenters. The number of hydrogen-bond acceptors (Lipinski definition) is 3. The number of aromatic nitrogens is 1. The Hall–Kier alpha value is -0.780. The maximum absolute atomic E-state index is 13.3. The molecule has 2 nitrogen and oxygen atoms in total. The lowest BCUT2D eigenvalue weighted by Crippen LogP contribution is -2.24. The number of hydrogen-bond donors (Lipinski definition) is 1. The zero-order valence-corrected chi connectivity index (χ0v) is 13.7. The van der Waals surface area contributed by atoms with Gasteiger partial charge in [-0.15, -0.1) is 11.3 Å². The summed E-state index contributed by atoms with van der Waals surface area (Å²) in [5.41, 5.74) is 1.93. The molecule has 1 heterocycles. The van der Waals surface area contributed by atoms with E-state index in [1.165, 1.54) is 17.4 Å². The molecule has 0 saturated heterocycles. The number of benzene rings is 1. The van der Waals surface area contributed by atoms with Crippen LogP contribution in [0, 0.1) is 11.2 Å². The average molecular weight is 356 g/mol. The van der Waals surface area contributed by atoms with Crippen LogP contribution in [0.25, 0.3) is 10.6 Å². The third kappa shape index (κ3) is 2.54. The SMILES string of the molecule is CC1(C)Cc2nc(-c3ccc(F)c(Br)c3)sc2C(O)C1. The van der Waals surface area contributed by atoms with Gasteiger partial charge in [0.1, 0.15) is 10.8 Å². The van der Waals surface area contributed by atoms with E-state index in [9.17, 15) is 9.50 Å². The Morgan fingerprint density at radius 2 is 2.20 bits per heavy atom. The van der Waals surface area contributed by atoms with Gasteiger partial charge in [0.2, 0.25) is 0 Å². The zero-order chi connectivity index (χ0) is 14.5. The number of nitrogens with zero attached hydrogens (tertiary/aromatic N) is 1. The van der Waals surface area contributed by atoms with Gasteiger partial charge in [0, 0.05) is 5.56 Å². The summed E-state index contributed by atoms with van der Waals surface area (Å²) in [5.74, 6) is -0.281. The molecule has 3 rings (SSSR count). The van der Waals surface area contributed by atoms with Gasteiger partial charge in [-0.25, -0.2) is 9.37 Å². The van der Waals surface area contributed by atoms with Gasteiger partial charge < -0.3 is 5.11 Å². The second-order valence-corrected chi connectivity index (χ2v) is 7.90. The number of halogens is 2. The number of aliphatic hydroxyl groups is 1. The highest BCUT2D eigenvalue weighted by Crippen LogP contribution is 2.44. The van der Waals surface area contributed by atoms with Crippen molar-refractivity contribution in [2.45, 2.75) is 32.8 Å². The predicted molar refractivity (Wildman–Crippen MR) is 82.3 cm³/mol. The second kappa shape index (κ2) is 4.90. The van der Waals surface area contributed by atoms with E-state index in [-0.39, 0.29) is 11.2 Å². The molecule has 1 unspecified atom stereocenters. The van der Waals surface area contributed by atoms with Gasteiger partial charge >= 0.3 is 0 Å². The van der Waals surface area contributed by atoms with E-state index < -0.39 is 6.10 Å². The Morgan fingerprint density at radius 1 is 1.45 bits per heavy atom. The van der Waals surface area contributed by atoms with Crippen molar-refractivity contribution >= 4 is 27.3 Å². The van der Waals surface area contributed by atoms with Crippen LogP contribution in [0.15, 0.2) is 22.7 Å². The minimum atomic E-state index is -0.441. The highest BCUT2D eigenvalue weighted by Gasteiger charge is 2.34. The molecular formula is C15H15BrFNOS. The molecule has 1 aromatic carbocycles. The molecule has 1 aromatic heterocycles. The second-order valence-electron chi connectivity index (χ2n) is 6.02. The highest BCUT2D eigenvalue weighted by atomic mass is 79.9. The van der Waals surface area contributed by atoms with Gasteiger partial charge in [0.15, 0.2) is 0 Å². The Labute approximate surface area is 129 Å². The molecule has 0 radical (unpaired) electrons. The highest BCUT2D eigenvalue weighted by molar-refractivity contribution is 9.10. The maximum Gasteiger partial charge on any atom is 0.137 e.